The number of hydrogen-bond donors (Lipinski definition) is 2. The van der Waals surface area contributed by atoms with Crippen molar-refractivity contribution in [2.24, 2.45) is 5.41 Å². The van der Waals surface area contributed by atoms with E-state index < -0.39 is 6.35 Å². The molecule has 4 heteroatoms. The molecule has 1 rings (SSSR count). The predicted molar refractivity (Wildman–Crippen MR) is 59.3 cm³/mol. The molecule has 15 heavy (non-hydrogen) atoms. The number of ketones is 1. The molecule has 2 atom stereocenters. The zero-order valence-corrected chi connectivity index (χ0v) is 10.1. The fourth-order valence-corrected chi connectivity index (χ4v) is 2.34. The van der Waals surface area contributed by atoms with Crippen molar-refractivity contribution in [3.05, 3.63) is 0 Å². The average Bonchev–Trinajstić information content (AvgIpc) is 2.05. The van der Waals surface area contributed by atoms with Gasteiger partial charge < -0.3 is 5.11 Å². The zero-order chi connectivity index (χ0) is 11.6. The fraction of sp³-hybridized carbons (Fsp3) is 0.909. The maximum atomic E-state index is 11.7. The summed E-state index contributed by atoms with van der Waals surface area (Å²) in [6.07, 6.45) is 0.281. The maximum absolute atomic E-state index is 11.7. The van der Waals surface area contributed by atoms with Gasteiger partial charge in [0, 0.05) is 6.54 Å². The molecule has 1 fully saturated rings. The molecule has 0 bridgehead atoms. The van der Waals surface area contributed by atoms with Gasteiger partial charge >= 0.3 is 0 Å². The standard InChI is InChI=1S/C11H22N2O2/c1-8(14)9(11(2,3)4)13-7-5-6-12-10(13)15/h9-10,12,15H,5-7H2,1-4H3. The molecule has 0 aliphatic carbocycles. The topological polar surface area (TPSA) is 52.6 Å². The summed E-state index contributed by atoms with van der Waals surface area (Å²) in [6.45, 7) is 9.26. The predicted octanol–water partition coefficient (Wildman–Crippen LogP) is 0.561. The lowest BCUT2D eigenvalue weighted by molar-refractivity contribution is -0.139. The lowest BCUT2D eigenvalue weighted by Crippen LogP contribution is -2.60. The number of aliphatic hydroxyl groups is 1. The van der Waals surface area contributed by atoms with Crippen LogP contribution in [0.15, 0.2) is 0 Å². The molecule has 0 aromatic heterocycles. The highest BCUT2D eigenvalue weighted by molar-refractivity contribution is 5.82. The van der Waals surface area contributed by atoms with Crippen LogP contribution < -0.4 is 5.32 Å². The number of nitrogens with one attached hydrogen (secondary N) is 1. The molecular formula is C11H22N2O2. The summed E-state index contributed by atoms with van der Waals surface area (Å²) in [5.41, 5.74) is -0.147. The van der Waals surface area contributed by atoms with E-state index in [4.69, 9.17) is 0 Å². The fourth-order valence-electron chi connectivity index (χ4n) is 2.34. The monoisotopic (exact) mass is 214 g/mol. The van der Waals surface area contributed by atoms with Crippen molar-refractivity contribution in [1.29, 1.82) is 0 Å². The van der Waals surface area contributed by atoms with Gasteiger partial charge in [0.05, 0.1) is 6.04 Å². The molecule has 88 valence electrons. The van der Waals surface area contributed by atoms with Crippen molar-refractivity contribution in [2.45, 2.75) is 46.5 Å². The average molecular weight is 214 g/mol. The minimum atomic E-state index is -0.688. The highest BCUT2D eigenvalue weighted by Gasteiger charge is 2.37. The molecule has 1 aliphatic heterocycles. The third-order valence-electron chi connectivity index (χ3n) is 2.77. The van der Waals surface area contributed by atoms with Gasteiger partial charge in [0.25, 0.3) is 0 Å². The molecule has 2 unspecified atom stereocenters. The molecule has 0 amide bonds. The van der Waals surface area contributed by atoms with Crippen LogP contribution in [0.25, 0.3) is 0 Å². The van der Waals surface area contributed by atoms with Crippen molar-refractivity contribution < 1.29 is 9.90 Å². The second-order valence-electron chi connectivity index (χ2n) is 5.30. The van der Waals surface area contributed by atoms with Crippen LogP contribution in [0.4, 0.5) is 0 Å². The summed E-state index contributed by atoms with van der Waals surface area (Å²) in [7, 11) is 0. The second-order valence-corrected chi connectivity index (χ2v) is 5.30. The van der Waals surface area contributed by atoms with E-state index in [1.807, 2.05) is 25.7 Å². The van der Waals surface area contributed by atoms with Gasteiger partial charge in [-0.2, -0.15) is 0 Å². The summed E-state index contributed by atoms with van der Waals surface area (Å²) in [4.78, 5) is 13.5. The molecule has 0 aromatic rings. The first kappa shape index (κ1) is 12.6. The van der Waals surface area contributed by atoms with Gasteiger partial charge in [-0.1, -0.05) is 20.8 Å². The molecule has 2 N–H and O–H groups in total. The van der Waals surface area contributed by atoms with E-state index in [1.54, 1.807) is 6.92 Å². The van der Waals surface area contributed by atoms with Crippen LogP contribution >= 0.6 is 0 Å². The molecule has 4 nitrogen and oxygen atoms in total. The Kier molecular flexibility index (Phi) is 3.87. The Bertz CT molecular complexity index is 235. The minimum Gasteiger partial charge on any atom is -0.365 e. The Balaban J connectivity index is 2.83. The smallest absolute Gasteiger partial charge is 0.163 e. The normalized spacial score (nSPS) is 26.3. The number of Topliss-reactive ketones (excluding diaryl/α,β-unsaturated/α-hetero) is 1. The van der Waals surface area contributed by atoms with Crippen LogP contribution in [-0.2, 0) is 4.79 Å². The number of nitrogens with zero attached hydrogens (tertiary/aromatic N) is 1. The number of carbonyl (C=O) groups excluding carboxylic acids is 1. The van der Waals surface area contributed by atoms with Gasteiger partial charge in [-0.15, -0.1) is 0 Å². The van der Waals surface area contributed by atoms with Crippen molar-refractivity contribution in [1.82, 2.24) is 10.2 Å². The van der Waals surface area contributed by atoms with Crippen molar-refractivity contribution in [3.63, 3.8) is 0 Å². The summed E-state index contributed by atoms with van der Waals surface area (Å²) >= 11 is 0. The van der Waals surface area contributed by atoms with Crippen LogP contribution in [-0.4, -0.2) is 41.3 Å². The highest BCUT2D eigenvalue weighted by Crippen LogP contribution is 2.27. The molecule has 1 saturated heterocycles. The number of aliphatic hydroxyl groups excluding tert-OH is 1. The highest BCUT2D eigenvalue weighted by atomic mass is 16.3. The summed E-state index contributed by atoms with van der Waals surface area (Å²) < 4.78 is 0. The summed E-state index contributed by atoms with van der Waals surface area (Å²) in [5.74, 6) is 0.116. The molecule has 0 saturated carbocycles. The van der Waals surface area contributed by atoms with Crippen LogP contribution in [0.1, 0.15) is 34.1 Å². The molecule has 0 spiro atoms. The third-order valence-corrected chi connectivity index (χ3v) is 2.77. The van der Waals surface area contributed by atoms with E-state index in [-0.39, 0.29) is 17.2 Å². The quantitative estimate of drug-likeness (QED) is 0.705. The maximum Gasteiger partial charge on any atom is 0.163 e. The number of hydrogen-bond acceptors (Lipinski definition) is 4. The van der Waals surface area contributed by atoms with E-state index in [2.05, 4.69) is 5.32 Å². The van der Waals surface area contributed by atoms with Crippen molar-refractivity contribution in [2.75, 3.05) is 13.1 Å². The molecule has 1 heterocycles. The largest absolute Gasteiger partial charge is 0.365 e. The van der Waals surface area contributed by atoms with Gasteiger partial charge in [0.2, 0.25) is 0 Å². The number of carbonyl (C=O) groups is 1. The molecule has 0 aromatic carbocycles. The van der Waals surface area contributed by atoms with E-state index in [9.17, 15) is 9.90 Å². The Morgan fingerprint density at radius 1 is 1.53 bits per heavy atom. The number of rotatable bonds is 2. The second kappa shape index (κ2) is 4.60. The Labute approximate surface area is 91.6 Å². The van der Waals surface area contributed by atoms with E-state index in [0.717, 1.165) is 19.5 Å². The Morgan fingerprint density at radius 2 is 2.13 bits per heavy atom. The van der Waals surface area contributed by atoms with E-state index in [0.29, 0.717) is 0 Å². The first-order chi connectivity index (χ1) is 6.84. The Hall–Kier alpha value is -0.450. The SMILES string of the molecule is CC(=O)C(N1CCCNC1O)C(C)(C)C. The zero-order valence-electron chi connectivity index (χ0n) is 10.1. The molecular weight excluding hydrogens is 192 g/mol. The lowest BCUT2D eigenvalue weighted by Gasteiger charge is -2.43. The van der Waals surface area contributed by atoms with Crippen LogP contribution in [0.5, 0.6) is 0 Å². The molecule has 0 radical (unpaired) electrons. The van der Waals surface area contributed by atoms with Crippen LogP contribution in [0, 0.1) is 5.41 Å². The minimum absolute atomic E-state index is 0.116. The Morgan fingerprint density at radius 3 is 2.53 bits per heavy atom. The van der Waals surface area contributed by atoms with Crippen molar-refractivity contribution >= 4 is 5.78 Å². The van der Waals surface area contributed by atoms with Gasteiger partial charge in [0.1, 0.15) is 5.78 Å². The summed E-state index contributed by atoms with van der Waals surface area (Å²) in [6, 6.07) is -0.222. The first-order valence-electron chi connectivity index (χ1n) is 5.51. The third kappa shape index (κ3) is 3.00. The summed E-state index contributed by atoms with van der Waals surface area (Å²) in [5, 5.41) is 12.8. The first-order valence-corrected chi connectivity index (χ1v) is 5.51. The van der Waals surface area contributed by atoms with Gasteiger partial charge in [-0.05, 0) is 25.3 Å². The van der Waals surface area contributed by atoms with Crippen molar-refractivity contribution in [3.8, 4) is 0 Å². The van der Waals surface area contributed by atoms with Gasteiger partial charge in [-0.25, -0.2) is 0 Å². The van der Waals surface area contributed by atoms with Crippen LogP contribution in [0.2, 0.25) is 0 Å². The van der Waals surface area contributed by atoms with Gasteiger partial charge in [0.15, 0.2) is 6.35 Å². The lowest BCUT2D eigenvalue weighted by atomic mass is 9.83. The van der Waals surface area contributed by atoms with Gasteiger partial charge in [-0.3, -0.25) is 15.0 Å². The van der Waals surface area contributed by atoms with E-state index in [1.165, 1.54) is 0 Å². The molecule has 1 aliphatic rings. The van der Waals surface area contributed by atoms with Crippen LogP contribution in [0.3, 0.4) is 0 Å². The van der Waals surface area contributed by atoms with E-state index >= 15 is 0 Å².